The molecule has 0 aliphatic heterocycles. The molecule has 1 atom stereocenters. The molecule has 1 amide bonds. The number of hydrogen-bond donors (Lipinski definition) is 1. The fraction of sp³-hybridized carbons (Fsp3) is 0.727. The molecule has 3 nitrogen and oxygen atoms in total. The molecule has 0 aliphatic rings. The lowest BCUT2D eigenvalue weighted by Crippen LogP contribution is -2.38. The van der Waals surface area contributed by atoms with Gasteiger partial charge in [0.25, 0.3) is 0 Å². The van der Waals surface area contributed by atoms with E-state index in [0.717, 1.165) is 0 Å². The first-order valence-electron chi connectivity index (χ1n) is 4.81. The molecule has 2 N–H and O–H groups in total. The summed E-state index contributed by atoms with van der Waals surface area (Å²) in [5.74, 6) is -0.346. The molecule has 3 heteroatoms. The second kappa shape index (κ2) is 4.60. The Labute approximate surface area is 87.0 Å². The lowest BCUT2D eigenvalue weighted by molar-refractivity contribution is -0.114. The monoisotopic (exact) mass is 198 g/mol. The Morgan fingerprint density at radius 3 is 2.00 bits per heavy atom. The van der Waals surface area contributed by atoms with E-state index < -0.39 is 0 Å². The van der Waals surface area contributed by atoms with Crippen LogP contribution in [0.5, 0.6) is 0 Å². The quantitative estimate of drug-likeness (QED) is 0.697. The number of nitrogens with zero attached hydrogens (tertiary/aromatic N) is 1. The van der Waals surface area contributed by atoms with Gasteiger partial charge in [-0.2, -0.15) is 0 Å². The van der Waals surface area contributed by atoms with Crippen molar-refractivity contribution in [3.63, 3.8) is 0 Å². The van der Waals surface area contributed by atoms with E-state index >= 15 is 0 Å². The molecule has 0 aliphatic carbocycles. The fourth-order valence-corrected chi connectivity index (χ4v) is 1.49. The van der Waals surface area contributed by atoms with E-state index in [0.29, 0.717) is 5.57 Å². The van der Waals surface area contributed by atoms with Gasteiger partial charge in [0.15, 0.2) is 0 Å². The van der Waals surface area contributed by atoms with Gasteiger partial charge in [-0.15, -0.1) is 0 Å². The molecule has 0 aromatic carbocycles. The first-order chi connectivity index (χ1) is 6.16. The largest absolute Gasteiger partial charge is 0.366 e. The summed E-state index contributed by atoms with van der Waals surface area (Å²) in [5, 5.41) is 0. The Morgan fingerprint density at radius 2 is 1.79 bits per heavy atom. The van der Waals surface area contributed by atoms with Crippen molar-refractivity contribution < 1.29 is 4.79 Å². The number of nitrogens with two attached hydrogens (primary N) is 1. The summed E-state index contributed by atoms with van der Waals surface area (Å²) >= 11 is 0. The minimum atomic E-state index is -0.346. The van der Waals surface area contributed by atoms with E-state index in [1.165, 1.54) is 0 Å². The zero-order valence-electron chi connectivity index (χ0n) is 10.1. The molecule has 1 unspecified atom stereocenters. The molecule has 0 aromatic heterocycles. The summed E-state index contributed by atoms with van der Waals surface area (Å²) < 4.78 is 0. The smallest absolute Gasteiger partial charge is 0.244 e. The molecular formula is C11H22N2O. The standard InChI is InChI=1S/C11H22N2O/c1-8(10(12)14)7-9(13(5)6)11(2,3)4/h7,9H,1-6H3,(H2,12,14). The van der Waals surface area contributed by atoms with Gasteiger partial charge in [0.1, 0.15) is 0 Å². The maximum atomic E-state index is 10.9. The number of hydrogen-bond acceptors (Lipinski definition) is 2. The van der Waals surface area contributed by atoms with E-state index in [2.05, 4.69) is 25.7 Å². The molecule has 82 valence electrons. The van der Waals surface area contributed by atoms with E-state index in [-0.39, 0.29) is 17.4 Å². The third-order valence-electron chi connectivity index (χ3n) is 2.24. The Kier molecular flexibility index (Phi) is 4.33. The van der Waals surface area contributed by atoms with Crippen LogP contribution < -0.4 is 5.73 Å². The minimum absolute atomic E-state index is 0.0974. The summed E-state index contributed by atoms with van der Waals surface area (Å²) in [6.45, 7) is 8.18. The van der Waals surface area contributed by atoms with Gasteiger partial charge in [0.05, 0.1) is 0 Å². The van der Waals surface area contributed by atoms with Gasteiger partial charge in [0, 0.05) is 11.6 Å². The van der Waals surface area contributed by atoms with Crippen molar-refractivity contribution in [3.8, 4) is 0 Å². The Balaban J connectivity index is 4.88. The highest BCUT2D eigenvalue weighted by molar-refractivity contribution is 5.91. The number of primary amides is 1. The molecule has 0 saturated heterocycles. The highest BCUT2D eigenvalue weighted by Crippen LogP contribution is 2.24. The van der Waals surface area contributed by atoms with Crippen LogP contribution in [-0.2, 0) is 4.79 Å². The summed E-state index contributed by atoms with van der Waals surface area (Å²) in [4.78, 5) is 13.0. The zero-order chi connectivity index (χ0) is 11.5. The van der Waals surface area contributed by atoms with Crippen LogP contribution in [0.15, 0.2) is 11.6 Å². The third-order valence-corrected chi connectivity index (χ3v) is 2.24. The lowest BCUT2D eigenvalue weighted by Gasteiger charge is -2.34. The van der Waals surface area contributed by atoms with Crippen LogP contribution in [0.2, 0.25) is 0 Å². The summed E-state index contributed by atoms with van der Waals surface area (Å²) in [5.41, 5.74) is 5.92. The van der Waals surface area contributed by atoms with E-state index in [1.54, 1.807) is 6.92 Å². The van der Waals surface area contributed by atoms with Gasteiger partial charge in [-0.25, -0.2) is 0 Å². The average Bonchev–Trinajstić information content (AvgIpc) is 1.96. The number of carbonyl (C=O) groups excluding carboxylic acids is 1. The van der Waals surface area contributed by atoms with Gasteiger partial charge in [-0.3, -0.25) is 4.79 Å². The summed E-state index contributed by atoms with van der Waals surface area (Å²) in [6, 6.07) is 0.218. The number of amides is 1. The first kappa shape index (κ1) is 13.2. The molecule has 0 heterocycles. The van der Waals surface area contributed by atoms with E-state index in [4.69, 9.17) is 5.73 Å². The van der Waals surface area contributed by atoms with Gasteiger partial charge < -0.3 is 10.6 Å². The second-order valence-electron chi connectivity index (χ2n) is 4.99. The fourth-order valence-electron chi connectivity index (χ4n) is 1.49. The predicted molar refractivity (Wildman–Crippen MR) is 59.9 cm³/mol. The maximum Gasteiger partial charge on any atom is 0.244 e. The highest BCUT2D eigenvalue weighted by Gasteiger charge is 2.24. The zero-order valence-corrected chi connectivity index (χ0v) is 10.1. The van der Waals surface area contributed by atoms with Crippen LogP contribution in [0.3, 0.4) is 0 Å². The third kappa shape index (κ3) is 3.92. The van der Waals surface area contributed by atoms with Gasteiger partial charge in [0.2, 0.25) is 5.91 Å². The van der Waals surface area contributed by atoms with Crippen LogP contribution in [0.1, 0.15) is 27.7 Å². The maximum absolute atomic E-state index is 10.9. The van der Waals surface area contributed by atoms with Crippen molar-refractivity contribution in [2.45, 2.75) is 33.7 Å². The SMILES string of the molecule is CC(=CC(N(C)C)C(C)(C)C)C(N)=O. The van der Waals surface area contributed by atoms with Crippen LogP contribution in [0, 0.1) is 5.41 Å². The average molecular weight is 198 g/mol. The van der Waals surface area contributed by atoms with Crippen molar-refractivity contribution >= 4 is 5.91 Å². The molecule has 0 fully saturated rings. The second-order valence-corrected chi connectivity index (χ2v) is 4.99. The van der Waals surface area contributed by atoms with Crippen LogP contribution >= 0.6 is 0 Å². The van der Waals surface area contributed by atoms with Crippen LogP contribution in [0.4, 0.5) is 0 Å². The summed E-state index contributed by atoms with van der Waals surface area (Å²) in [7, 11) is 4.00. The van der Waals surface area contributed by atoms with Gasteiger partial charge >= 0.3 is 0 Å². The van der Waals surface area contributed by atoms with Crippen LogP contribution in [-0.4, -0.2) is 30.9 Å². The number of carbonyl (C=O) groups is 1. The summed E-state index contributed by atoms with van der Waals surface area (Å²) in [6.07, 6.45) is 1.93. The minimum Gasteiger partial charge on any atom is -0.366 e. The molecule has 0 spiro atoms. The molecule has 0 bridgehead atoms. The number of likely N-dealkylation sites (N-methyl/N-ethyl adjacent to an activating group) is 1. The molecule has 0 rings (SSSR count). The molecular weight excluding hydrogens is 176 g/mol. The molecule has 14 heavy (non-hydrogen) atoms. The van der Waals surface area contributed by atoms with Gasteiger partial charge in [-0.05, 0) is 26.4 Å². The Bertz CT molecular complexity index is 236. The first-order valence-corrected chi connectivity index (χ1v) is 4.81. The van der Waals surface area contributed by atoms with Crippen molar-refractivity contribution in [2.24, 2.45) is 11.1 Å². The highest BCUT2D eigenvalue weighted by atomic mass is 16.1. The predicted octanol–water partition coefficient (Wildman–Crippen LogP) is 1.39. The normalized spacial score (nSPS) is 15.8. The molecule has 0 radical (unpaired) electrons. The lowest BCUT2D eigenvalue weighted by atomic mass is 9.85. The molecule has 0 aromatic rings. The number of rotatable bonds is 3. The van der Waals surface area contributed by atoms with Gasteiger partial charge in [-0.1, -0.05) is 26.8 Å². The van der Waals surface area contributed by atoms with E-state index in [1.807, 2.05) is 20.2 Å². The van der Waals surface area contributed by atoms with Crippen molar-refractivity contribution in [3.05, 3.63) is 11.6 Å². The van der Waals surface area contributed by atoms with Crippen molar-refractivity contribution in [1.29, 1.82) is 0 Å². The molecule has 0 saturated carbocycles. The van der Waals surface area contributed by atoms with Crippen molar-refractivity contribution in [2.75, 3.05) is 14.1 Å². The Hall–Kier alpha value is -0.830. The topological polar surface area (TPSA) is 46.3 Å². The van der Waals surface area contributed by atoms with E-state index in [9.17, 15) is 4.79 Å². The van der Waals surface area contributed by atoms with Crippen molar-refractivity contribution in [1.82, 2.24) is 4.90 Å². The van der Waals surface area contributed by atoms with Crippen LogP contribution in [0.25, 0.3) is 0 Å². The Morgan fingerprint density at radius 1 is 1.36 bits per heavy atom.